The van der Waals surface area contributed by atoms with E-state index in [9.17, 15) is 0 Å². The van der Waals surface area contributed by atoms with Crippen molar-refractivity contribution in [3.63, 3.8) is 0 Å². The van der Waals surface area contributed by atoms with Gasteiger partial charge in [0.1, 0.15) is 5.01 Å². The maximum absolute atomic E-state index is 5.68. The molecule has 0 aromatic carbocycles. The summed E-state index contributed by atoms with van der Waals surface area (Å²) in [7, 11) is 0. The summed E-state index contributed by atoms with van der Waals surface area (Å²) in [5, 5.41) is 11.1. The summed E-state index contributed by atoms with van der Waals surface area (Å²) in [6, 6.07) is 0. The molecule has 0 bridgehead atoms. The largest absolute Gasteiger partial charge is 0.245 e. The molecule has 17 heavy (non-hydrogen) atoms. The van der Waals surface area contributed by atoms with Crippen molar-refractivity contribution in [1.82, 2.24) is 20.0 Å². The molecule has 0 amide bonds. The van der Waals surface area contributed by atoms with Gasteiger partial charge in [-0.1, -0.05) is 26.0 Å². The van der Waals surface area contributed by atoms with E-state index in [0.29, 0.717) is 12.4 Å². The van der Waals surface area contributed by atoms with Crippen LogP contribution < -0.4 is 0 Å². The van der Waals surface area contributed by atoms with Crippen molar-refractivity contribution >= 4 is 22.9 Å². The highest BCUT2D eigenvalue weighted by Crippen LogP contribution is 2.24. The normalized spacial score (nSPS) is 12.0. The van der Waals surface area contributed by atoms with Gasteiger partial charge < -0.3 is 0 Å². The minimum atomic E-state index is 0.0957. The Labute approximate surface area is 110 Å². The average Bonchev–Trinajstić information content (AvgIpc) is 2.86. The standard InChI is InChI=1S/C11H15ClN4S/c1-11(2,3)9-7-17-10(13-9)6-16-5-8(4-12)14-15-16/h5,7H,4,6H2,1-3H3. The highest BCUT2D eigenvalue weighted by molar-refractivity contribution is 7.09. The fraction of sp³-hybridized carbons (Fsp3) is 0.545. The molecule has 92 valence electrons. The molecule has 0 fully saturated rings. The maximum Gasteiger partial charge on any atom is 0.114 e. The second kappa shape index (κ2) is 4.74. The first-order valence-corrected chi connectivity index (χ1v) is 6.80. The molecule has 0 saturated heterocycles. The Bertz CT molecular complexity index is 498. The number of thiazole rings is 1. The number of rotatable bonds is 3. The fourth-order valence-electron chi connectivity index (χ4n) is 1.34. The van der Waals surface area contributed by atoms with E-state index in [4.69, 9.17) is 11.6 Å². The Morgan fingerprint density at radius 2 is 2.18 bits per heavy atom. The molecule has 2 aromatic rings. The molecule has 0 radical (unpaired) electrons. The molecule has 2 rings (SSSR count). The average molecular weight is 271 g/mol. The van der Waals surface area contributed by atoms with E-state index in [0.717, 1.165) is 16.4 Å². The highest BCUT2D eigenvalue weighted by Gasteiger charge is 2.17. The summed E-state index contributed by atoms with van der Waals surface area (Å²) in [6.07, 6.45) is 1.85. The third-order valence-electron chi connectivity index (χ3n) is 2.34. The van der Waals surface area contributed by atoms with Crippen LogP contribution >= 0.6 is 22.9 Å². The van der Waals surface area contributed by atoms with Gasteiger partial charge in [0.2, 0.25) is 0 Å². The number of hydrogen-bond donors (Lipinski definition) is 0. The molecule has 0 aliphatic carbocycles. The summed E-state index contributed by atoms with van der Waals surface area (Å²) in [4.78, 5) is 4.61. The van der Waals surface area contributed by atoms with Crippen molar-refractivity contribution in [2.75, 3.05) is 0 Å². The van der Waals surface area contributed by atoms with Gasteiger partial charge >= 0.3 is 0 Å². The van der Waals surface area contributed by atoms with Crippen molar-refractivity contribution in [2.45, 2.75) is 38.6 Å². The lowest BCUT2D eigenvalue weighted by Gasteiger charge is -2.14. The lowest BCUT2D eigenvalue weighted by atomic mass is 9.93. The molecule has 0 atom stereocenters. The lowest BCUT2D eigenvalue weighted by molar-refractivity contribution is 0.566. The second-order valence-electron chi connectivity index (χ2n) is 4.92. The van der Waals surface area contributed by atoms with Gasteiger partial charge in [-0.3, -0.25) is 0 Å². The zero-order valence-electron chi connectivity index (χ0n) is 10.1. The zero-order chi connectivity index (χ0) is 12.5. The smallest absolute Gasteiger partial charge is 0.114 e. The number of alkyl halides is 1. The van der Waals surface area contributed by atoms with Crippen molar-refractivity contribution < 1.29 is 0 Å². The maximum atomic E-state index is 5.68. The van der Waals surface area contributed by atoms with E-state index in [1.807, 2.05) is 6.20 Å². The Morgan fingerprint density at radius 3 is 2.71 bits per heavy atom. The van der Waals surface area contributed by atoms with Crippen molar-refractivity contribution in [2.24, 2.45) is 0 Å². The highest BCUT2D eigenvalue weighted by atomic mass is 35.5. The molecule has 6 heteroatoms. The van der Waals surface area contributed by atoms with Gasteiger partial charge in [0.15, 0.2) is 0 Å². The topological polar surface area (TPSA) is 43.6 Å². The van der Waals surface area contributed by atoms with Crippen LogP contribution in [0.4, 0.5) is 0 Å². The molecule has 0 N–H and O–H groups in total. The van der Waals surface area contributed by atoms with Crippen LogP contribution in [-0.2, 0) is 17.8 Å². The number of nitrogens with zero attached hydrogens (tertiary/aromatic N) is 4. The summed E-state index contributed by atoms with van der Waals surface area (Å²) < 4.78 is 1.77. The Balaban J connectivity index is 2.11. The van der Waals surface area contributed by atoms with Crippen molar-refractivity contribution in [3.05, 3.63) is 28.0 Å². The van der Waals surface area contributed by atoms with Crippen LogP contribution in [0.2, 0.25) is 0 Å². The molecule has 0 saturated carbocycles. The van der Waals surface area contributed by atoms with Gasteiger partial charge in [0, 0.05) is 10.8 Å². The summed E-state index contributed by atoms with van der Waals surface area (Å²) in [5.74, 6) is 0.394. The minimum Gasteiger partial charge on any atom is -0.245 e. The Hall–Kier alpha value is -0.940. The molecule has 4 nitrogen and oxygen atoms in total. The summed E-state index contributed by atoms with van der Waals surface area (Å²) >= 11 is 7.33. The third kappa shape index (κ3) is 3.04. The van der Waals surface area contributed by atoms with Gasteiger partial charge in [-0.2, -0.15) is 0 Å². The van der Waals surface area contributed by atoms with Crippen molar-refractivity contribution in [1.29, 1.82) is 0 Å². The Kier molecular flexibility index (Phi) is 3.49. The van der Waals surface area contributed by atoms with Gasteiger partial charge in [-0.05, 0) is 0 Å². The van der Waals surface area contributed by atoms with Crippen LogP contribution in [-0.4, -0.2) is 20.0 Å². The molecular formula is C11H15ClN4S. The second-order valence-corrected chi connectivity index (χ2v) is 6.13. The first-order chi connectivity index (χ1) is 7.99. The lowest BCUT2D eigenvalue weighted by Crippen LogP contribution is -2.12. The fourth-order valence-corrected chi connectivity index (χ4v) is 2.48. The van der Waals surface area contributed by atoms with E-state index < -0.39 is 0 Å². The quantitative estimate of drug-likeness (QED) is 0.806. The molecule has 0 aliphatic heterocycles. The predicted octanol–water partition coefficient (Wildman–Crippen LogP) is 2.82. The molecule has 2 aromatic heterocycles. The predicted molar refractivity (Wildman–Crippen MR) is 69.5 cm³/mol. The van der Waals surface area contributed by atoms with E-state index >= 15 is 0 Å². The van der Waals surface area contributed by atoms with Crippen LogP contribution in [0.15, 0.2) is 11.6 Å². The first-order valence-electron chi connectivity index (χ1n) is 5.39. The van der Waals surface area contributed by atoms with E-state index in [-0.39, 0.29) is 5.41 Å². The zero-order valence-corrected chi connectivity index (χ0v) is 11.7. The molecule has 2 heterocycles. The molecule has 0 aliphatic rings. The molecular weight excluding hydrogens is 256 g/mol. The summed E-state index contributed by atoms with van der Waals surface area (Å²) in [6.45, 7) is 7.14. The van der Waals surface area contributed by atoms with E-state index in [1.54, 1.807) is 16.0 Å². The SMILES string of the molecule is CC(C)(C)c1csc(Cn2cc(CCl)nn2)n1. The van der Waals surface area contributed by atoms with E-state index in [2.05, 4.69) is 41.4 Å². The van der Waals surface area contributed by atoms with E-state index in [1.165, 1.54) is 0 Å². The van der Waals surface area contributed by atoms with Gasteiger partial charge in [0.05, 0.1) is 30.0 Å². The van der Waals surface area contributed by atoms with Gasteiger partial charge in [-0.15, -0.1) is 28.0 Å². The van der Waals surface area contributed by atoms with Gasteiger partial charge in [-0.25, -0.2) is 9.67 Å². The van der Waals surface area contributed by atoms with Crippen LogP contribution in [0.25, 0.3) is 0 Å². The van der Waals surface area contributed by atoms with Crippen LogP contribution in [0.5, 0.6) is 0 Å². The van der Waals surface area contributed by atoms with Crippen molar-refractivity contribution in [3.8, 4) is 0 Å². The molecule has 0 unspecified atom stereocenters. The number of hydrogen-bond acceptors (Lipinski definition) is 4. The van der Waals surface area contributed by atoms with Crippen LogP contribution in [0.1, 0.15) is 37.2 Å². The first kappa shape index (κ1) is 12.5. The minimum absolute atomic E-state index is 0.0957. The van der Waals surface area contributed by atoms with Gasteiger partial charge in [0.25, 0.3) is 0 Å². The Morgan fingerprint density at radius 1 is 1.41 bits per heavy atom. The third-order valence-corrected chi connectivity index (χ3v) is 3.45. The monoisotopic (exact) mass is 270 g/mol. The molecule has 0 spiro atoms. The number of aromatic nitrogens is 4. The summed E-state index contributed by atoms with van der Waals surface area (Å²) in [5.41, 5.74) is 2.01. The van der Waals surface area contributed by atoms with Crippen LogP contribution in [0.3, 0.4) is 0 Å². The number of halogens is 1. The van der Waals surface area contributed by atoms with Crippen LogP contribution in [0, 0.1) is 0 Å².